The monoisotopic (exact) mass is 378 g/mol. The smallest absolute Gasteiger partial charge is 0.312 e. The predicted octanol–water partition coefficient (Wildman–Crippen LogP) is 6.48. The van der Waals surface area contributed by atoms with Crippen LogP contribution in [0, 0.1) is 0 Å². The van der Waals surface area contributed by atoms with E-state index in [1.807, 2.05) is 78.9 Å². The van der Waals surface area contributed by atoms with Gasteiger partial charge in [0.15, 0.2) is 0 Å². The number of hydrogen-bond acceptors (Lipinski definition) is 2. The van der Waals surface area contributed by atoms with Crippen molar-refractivity contribution in [3.05, 3.63) is 126 Å². The summed E-state index contributed by atoms with van der Waals surface area (Å²) in [6.07, 6.45) is 0.286. The molecule has 0 heterocycles. The van der Waals surface area contributed by atoms with E-state index < -0.39 is 0 Å². The topological polar surface area (TPSA) is 26.3 Å². The molecule has 4 aromatic rings. The summed E-state index contributed by atoms with van der Waals surface area (Å²) in [6.45, 7) is 0. The molecule has 0 saturated heterocycles. The Bertz CT molecular complexity index is 1000. The minimum atomic E-state index is -0.241. The lowest BCUT2D eigenvalue weighted by molar-refractivity contribution is -0.134. The highest BCUT2D eigenvalue weighted by Gasteiger charge is 2.19. The molecule has 0 N–H and O–H groups in total. The molecule has 0 aliphatic heterocycles. The first kappa shape index (κ1) is 18.7. The largest absolute Gasteiger partial charge is 0.427 e. The van der Waals surface area contributed by atoms with Crippen LogP contribution >= 0.6 is 0 Å². The summed E-state index contributed by atoms with van der Waals surface area (Å²) < 4.78 is 5.64. The summed E-state index contributed by atoms with van der Waals surface area (Å²) in [6, 6.07) is 38.0. The molecule has 0 saturated carbocycles. The van der Waals surface area contributed by atoms with Crippen molar-refractivity contribution < 1.29 is 9.53 Å². The lowest BCUT2D eigenvalue weighted by atomic mass is 9.88. The number of benzene rings is 4. The summed E-state index contributed by atoms with van der Waals surface area (Å²) in [5, 5.41) is 0. The predicted molar refractivity (Wildman–Crippen MR) is 117 cm³/mol. The minimum Gasteiger partial charge on any atom is -0.427 e. The molecule has 4 rings (SSSR count). The van der Waals surface area contributed by atoms with Crippen molar-refractivity contribution in [3.8, 4) is 16.9 Å². The molecule has 0 bridgehead atoms. The van der Waals surface area contributed by atoms with Crippen LogP contribution < -0.4 is 4.74 Å². The van der Waals surface area contributed by atoms with E-state index in [2.05, 4.69) is 36.4 Å². The van der Waals surface area contributed by atoms with Crippen molar-refractivity contribution in [2.75, 3.05) is 0 Å². The van der Waals surface area contributed by atoms with Gasteiger partial charge in [-0.1, -0.05) is 103 Å². The first-order valence-corrected chi connectivity index (χ1v) is 9.75. The first-order valence-electron chi connectivity index (χ1n) is 9.75. The lowest BCUT2D eigenvalue weighted by Crippen LogP contribution is -2.14. The van der Waals surface area contributed by atoms with Gasteiger partial charge in [0, 0.05) is 5.92 Å². The zero-order chi connectivity index (χ0) is 19.9. The zero-order valence-electron chi connectivity index (χ0n) is 16.1. The van der Waals surface area contributed by atoms with Crippen LogP contribution in [0.4, 0.5) is 0 Å². The van der Waals surface area contributed by atoms with Crippen LogP contribution in [0.3, 0.4) is 0 Å². The maximum Gasteiger partial charge on any atom is 0.312 e. The summed E-state index contributed by atoms with van der Waals surface area (Å²) >= 11 is 0. The third kappa shape index (κ3) is 4.80. The van der Waals surface area contributed by atoms with Crippen LogP contribution in [0.1, 0.15) is 23.5 Å². The van der Waals surface area contributed by atoms with Gasteiger partial charge in [0.25, 0.3) is 0 Å². The van der Waals surface area contributed by atoms with E-state index in [4.69, 9.17) is 4.74 Å². The Morgan fingerprint density at radius 1 is 0.586 bits per heavy atom. The lowest BCUT2D eigenvalue weighted by Gasteiger charge is -2.17. The van der Waals surface area contributed by atoms with Crippen LogP contribution in [0.25, 0.3) is 11.1 Å². The van der Waals surface area contributed by atoms with Crippen molar-refractivity contribution in [3.63, 3.8) is 0 Å². The van der Waals surface area contributed by atoms with Gasteiger partial charge in [-0.05, 0) is 34.4 Å². The maximum atomic E-state index is 12.7. The molecule has 0 aliphatic rings. The second-order valence-corrected chi connectivity index (χ2v) is 6.94. The van der Waals surface area contributed by atoms with Crippen molar-refractivity contribution >= 4 is 5.97 Å². The van der Waals surface area contributed by atoms with Crippen LogP contribution in [0.2, 0.25) is 0 Å². The third-order valence-electron chi connectivity index (χ3n) is 4.97. The Balaban J connectivity index is 1.48. The van der Waals surface area contributed by atoms with E-state index in [1.54, 1.807) is 0 Å². The Morgan fingerprint density at radius 2 is 1.03 bits per heavy atom. The highest BCUT2D eigenvalue weighted by molar-refractivity contribution is 5.74. The normalized spacial score (nSPS) is 10.7. The van der Waals surface area contributed by atoms with E-state index in [0.29, 0.717) is 5.75 Å². The second-order valence-electron chi connectivity index (χ2n) is 6.94. The first-order chi connectivity index (χ1) is 14.3. The second kappa shape index (κ2) is 9.03. The van der Waals surface area contributed by atoms with Crippen molar-refractivity contribution in [1.82, 2.24) is 0 Å². The quantitative estimate of drug-likeness (QED) is 0.283. The van der Waals surface area contributed by atoms with Gasteiger partial charge in [0.1, 0.15) is 5.75 Å². The highest BCUT2D eigenvalue weighted by Crippen LogP contribution is 2.29. The molecule has 2 nitrogen and oxygen atoms in total. The van der Waals surface area contributed by atoms with Gasteiger partial charge in [-0.2, -0.15) is 0 Å². The molecule has 4 aromatic carbocycles. The molecule has 0 spiro atoms. The zero-order valence-corrected chi connectivity index (χ0v) is 16.1. The van der Waals surface area contributed by atoms with Crippen molar-refractivity contribution in [2.24, 2.45) is 0 Å². The molecular weight excluding hydrogens is 356 g/mol. The van der Waals surface area contributed by atoms with Crippen LogP contribution in [-0.2, 0) is 4.79 Å². The van der Waals surface area contributed by atoms with Gasteiger partial charge >= 0.3 is 5.97 Å². The van der Waals surface area contributed by atoms with E-state index in [-0.39, 0.29) is 18.3 Å². The molecule has 0 fully saturated rings. The molecule has 0 aromatic heterocycles. The van der Waals surface area contributed by atoms with Gasteiger partial charge < -0.3 is 4.74 Å². The Labute approximate surface area is 171 Å². The van der Waals surface area contributed by atoms with Crippen LogP contribution in [0.15, 0.2) is 115 Å². The SMILES string of the molecule is O=C(CC(c1ccccc1)c1ccccc1)Oc1ccc(-c2ccccc2)cc1. The Morgan fingerprint density at radius 3 is 1.55 bits per heavy atom. The van der Waals surface area contributed by atoms with Crippen LogP contribution in [0.5, 0.6) is 5.75 Å². The molecule has 0 amide bonds. The molecule has 29 heavy (non-hydrogen) atoms. The fraction of sp³-hybridized carbons (Fsp3) is 0.0741. The van der Waals surface area contributed by atoms with Crippen molar-refractivity contribution in [2.45, 2.75) is 12.3 Å². The number of carbonyl (C=O) groups excluding carboxylic acids is 1. The molecule has 2 heteroatoms. The number of esters is 1. The summed E-state index contributed by atoms with van der Waals surface area (Å²) in [5.41, 5.74) is 4.44. The molecular formula is C27H22O2. The third-order valence-corrected chi connectivity index (χ3v) is 4.97. The average Bonchev–Trinajstić information content (AvgIpc) is 2.80. The Kier molecular flexibility index (Phi) is 5.82. The number of ether oxygens (including phenoxy) is 1. The average molecular weight is 378 g/mol. The fourth-order valence-corrected chi connectivity index (χ4v) is 3.48. The molecule has 0 unspecified atom stereocenters. The standard InChI is InChI=1S/C27H22O2/c28-27(29-25-18-16-22(17-19-25)21-10-4-1-5-11-21)20-26(23-12-6-2-7-13-23)24-14-8-3-9-15-24/h1-19,26H,20H2. The highest BCUT2D eigenvalue weighted by atomic mass is 16.5. The number of hydrogen-bond donors (Lipinski definition) is 0. The summed E-state index contributed by atoms with van der Waals surface area (Å²) in [4.78, 5) is 12.7. The molecule has 0 aliphatic carbocycles. The minimum absolute atomic E-state index is 0.0338. The number of carbonyl (C=O) groups is 1. The summed E-state index contributed by atoms with van der Waals surface area (Å²) in [5.74, 6) is 0.290. The molecule has 142 valence electrons. The van der Waals surface area contributed by atoms with Gasteiger partial charge in [-0.3, -0.25) is 4.79 Å². The van der Waals surface area contributed by atoms with Gasteiger partial charge in [-0.25, -0.2) is 0 Å². The van der Waals surface area contributed by atoms with Gasteiger partial charge in [-0.15, -0.1) is 0 Å². The number of rotatable bonds is 6. The maximum absolute atomic E-state index is 12.7. The van der Waals surface area contributed by atoms with E-state index in [1.165, 1.54) is 0 Å². The van der Waals surface area contributed by atoms with E-state index in [0.717, 1.165) is 22.3 Å². The van der Waals surface area contributed by atoms with E-state index >= 15 is 0 Å². The fourth-order valence-electron chi connectivity index (χ4n) is 3.48. The Hall–Kier alpha value is -3.65. The van der Waals surface area contributed by atoms with Crippen LogP contribution in [-0.4, -0.2) is 5.97 Å². The molecule has 0 radical (unpaired) electrons. The van der Waals surface area contributed by atoms with Gasteiger partial charge in [0.05, 0.1) is 6.42 Å². The van der Waals surface area contributed by atoms with E-state index in [9.17, 15) is 4.79 Å². The summed E-state index contributed by atoms with van der Waals surface area (Å²) in [7, 11) is 0. The van der Waals surface area contributed by atoms with Gasteiger partial charge in [0.2, 0.25) is 0 Å². The van der Waals surface area contributed by atoms with Crippen molar-refractivity contribution in [1.29, 1.82) is 0 Å². The molecule has 0 atom stereocenters.